The van der Waals surface area contributed by atoms with Crippen LogP contribution in [0.25, 0.3) is 0 Å². The molecular weight excluding hydrogens is 1790 g/mol. The molecular formula is C92H162Br4N24O2. The summed E-state index contributed by atoms with van der Waals surface area (Å²) < 4.78 is 2.61. The number of carbonyl (C=O) groups is 2. The molecule has 15 fully saturated rings. The molecule has 3 aromatic rings. The summed E-state index contributed by atoms with van der Waals surface area (Å²) in [5, 5.41) is 37.0. The highest BCUT2D eigenvalue weighted by molar-refractivity contribution is 9.08. The first-order chi connectivity index (χ1) is 59.3. The number of hydrogen-bond donors (Lipinski definition) is 10. The molecule has 10 N–H and O–H groups in total. The number of nitrogens with zero attached hydrogens (tertiary/aromatic N) is 14. The summed E-state index contributed by atoms with van der Waals surface area (Å²) in [5.74, 6) is 0. The molecule has 18 rings (SSSR count). The molecule has 30 heteroatoms. The van der Waals surface area contributed by atoms with Gasteiger partial charge in [-0.25, -0.2) is 0 Å². The lowest BCUT2D eigenvalue weighted by Gasteiger charge is -2.65. The van der Waals surface area contributed by atoms with E-state index < -0.39 is 0 Å². The van der Waals surface area contributed by atoms with E-state index in [1.54, 1.807) is 11.1 Å². The average Bonchev–Trinajstić information content (AvgIpc) is 0.746. The van der Waals surface area contributed by atoms with Gasteiger partial charge in [0.1, 0.15) is 25.4 Å². The lowest BCUT2D eigenvalue weighted by atomic mass is 9.95. The Labute approximate surface area is 774 Å². The number of quaternary nitrogens is 2. The van der Waals surface area contributed by atoms with Gasteiger partial charge < -0.3 is 96.1 Å². The highest BCUT2D eigenvalue weighted by Gasteiger charge is 2.59. The summed E-state index contributed by atoms with van der Waals surface area (Å²) in [5.41, 5.74) is 8.66. The number of benzene rings is 3. The minimum atomic E-state index is 0. The number of aldehydes is 2. The number of halogens is 4. The quantitative estimate of drug-likeness (QED) is 0.0410. The zero-order valence-corrected chi connectivity index (χ0v) is 81.1. The van der Waals surface area contributed by atoms with Crippen LogP contribution in [-0.2, 0) is 46.4 Å². The second kappa shape index (κ2) is 56.0. The molecule has 0 radical (unpaired) electrons. The van der Waals surface area contributed by atoms with E-state index in [1.165, 1.54) is 278 Å². The predicted octanol–water partition coefficient (Wildman–Crippen LogP) is -2.79. The van der Waals surface area contributed by atoms with Crippen LogP contribution in [-0.4, -0.2) is 431 Å². The molecule has 0 saturated carbocycles. The van der Waals surface area contributed by atoms with Crippen LogP contribution in [0, 0.1) is 0 Å². The molecule has 6 atom stereocenters. The Morgan fingerprint density at radius 2 is 0.492 bits per heavy atom. The average molecular weight is 1960 g/mol. The molecule has 0 aliphatic carbocycles. The van der Waals surface area contributed by atoms with Crippen molar-refractivity contribution in [2.24, 2.45) is 0 Å². The predicted molar refractivity (Wildman–Crippen MR) is 497 cm³/mol. The van der Waals surface area contributed by atoms with Crippen molar-refractivity contribution in [2.45, 2.75) is 151 Å². The van der Waals surface area contributed by atoms with Crippen LogP contribution in [0.3, 0.4) is 0 Å². The van der Waals surface area contributed by atoms with E-state index in [-0.39, 0.29) is 46.5 Å². The summed E-state index contributed by atoms with van der Waals surface area (Å²) in [7, 11) is 0. The smallest absolute Gasteiger partial charge is 0.182 e. The molecule has 15 saturated heterocycles. The topological polar surface area (TPSA) is 193 Å². The van der Waals surface area contributed by atoms with Gasteiger partial charge in [0.15, 0.2) is 24.9 Å². The van der Waals surface area contributed by atoms with Gasteiger partial charge in [-0.15, -0.1) is 0 Å². The van der Waals surface area contributed by atoms with Crippen molar-refractivity contribution in [1.82, 2.24) is 112 Å². The van der Waals surface area contributed by atoms with E-state index in [9.17, 15) is 0 Å². The SMILES string of the molecule is BrCc1ccc(CBr)cc1.C1CN2CCN3CCCN4CCN(C1)C2C34.C1CNCCNCCCNCCNC1.O=CC=O.[Br-].[Br-].c1cc(CN2CCCNCCNCCCNCC2)ccc1CN1CCCNCCNCCCNCC1.c1cc(C[N+]23CCCN4CCN5CCCN(CC2)C5C43)ccc1C[N+]12CCCN3CCN4CCCN(CC1)C4C32. The molecule has 122 heavy (non-hydrogen) atoms. The first kappa shape index (κ1) is 101. The van der Waals surface area contributed by atoms with Gasteiger partial charge in [-0.05, 0) is 165 Å². The maximum Gasteiger partial charge on any atom is 0.182 e. The maximum atomic E-state index is 8.81. The maximum absolute atomic E-state index is 8.81. The third kappa shape index (κ3) is 30.3. The molecule has 690 valence electrons. The van der Waals surface area contributed by atoms with Crippen LogP contribution >= 0.6 is 31.9 Å². The van der Waals surface area contributed by atoms with E-state index in [1.807, 2.05) is 0 Å². The number of piperazine rings is 6. The van der Waals surface area contributed by atoms with Crippen LogP contribution in [0.15, 0.2) is 72.8 Å². The molecule has 15 aliphatic rings. The fourth-order valence-corrected chi connectivity index (χ4v) is 23.2. The van der Waals surface area contributed by atoms with Gasteiger partial charge in [0, 0.05) is 257 Å². The van der Waals surface area contributed by atoms with Crippen LogP contribution in [0.1, 0.15) is 110 Å². The lowest BCUT2D eigenvalue weighted by Crippen LogP contribution is -3.00. The third-order valence-corrected chi connectivity index (χ3v) is 29.8. The Balaban J connectivity index is 0.000000160. The van der Waals surface area contributed by atoms with Crippen molar-refractivity contribution in [3.8, 4) is 0 Å². The molecule has 15 heterocycles. The van der Waals surface area contributed by atoms with Gasteiger partial charge in [-0.3, -0.25) is 68.4 Å². The molecule has 26 nitrogen and oxygen atoms in total. The van der Waals surface area contributed by atoms with Crippen molar-refractivity contribution >= 4 is 44.4 Å². The Hall–Kier alpha value is -2.04. The van der Waals surface area contributed by atoms with Gasteiger partial charge in [0.25, 0.3) is 0 Å². The van der Waals surface area contributed by atoms with Crippen LogP contribution in [0.4, 0.5) is 0 Å². The fraction of sp³-hybridized carbons (Fsp3) is 0.783. The summed E-state index contributed by atoms with van der Waals surface area (Å²) in [4.78, 5) is 51.0. The Kier molecular flexibility index (Phi) is 46.1. The second-order valence-electron chi connectivity index (χ2n) is 36.8. The summed E-state index contributed by atoms with van der Waals surface area (Å²) in [6.45, 7) is 62.4. The zero-order valence-electron chi connectivity index (χ0n) is 74.8. The standard InChI is InChI=1S/C32H52N8.C28H54N8.C12H22N4.C10H24N4.C8H8Br2.C2H2O2.2BrH/c1-9-33-15-17-37-13-3-21-39(23-19-35(11-1)29(33)31(37)39)25-27-5-7-28(8-6-27)26-40-22-4-14-38-18-16-34-10-2-12-36(20-24-40)30(34)32(38)40;1-9-29-15-17-31-13-3-21-35(23-19-33-11-1)25-27-5-7-28(8-6-27)26-36-22-4-14-32-18-16-30-10-2-12-34-20-24-36;1-3-13-7-9-15-5-2-6-16-10-8-14(4-1)11(13)12(15)16;1-3-11-7-9-13-5-2-6-14-10-8-12-4-1;9-5-7-1-2-8(6-10)4-3-7;3-1-2-4;;/h5-8,29-32H,1-4,9-26H2;5-8,29-34H,1-4,9-26H2;11-12H,1-10H2;11-14H,1-10H2;1-4H,5-6H2;1-2H;2*1H/q+2;;;;;;;/p-2. The molecule has 3 aromatic carbocycles. The largest absolute Gasteiger partial charge is 1.00 e. The number of carbonyl (C=O) groups excluding carboxylic acids is 2. The summed E-state index contributed by atoms with van der Waals surface area (Å²) in [6, 6.07) is 28.1. The molecule has 0 spiro atoms. The van der Waals surface area contributed by atoms with Crippen molar-refractivity contribution < 1.29 is 52.5 Å². The number of rotatable bonds is 11. The Morgan fingerprint density at radius 1 is 0.246 bits per heavy atom. The van der Waals surface area contributed by atoms with Crippen LogP contribution < -0.4 is 87.1 Å². The number of alkyl halides is 2. The third-order valence-electron chi connectivity index (χ3n) is 28.5. The van der Waals surface area contributed by atoms with Gasteiger partial charge in [-0.1, -0.05) is 105 Å². The van der Waals surface area contributed by atoms with Crippen molar-refractivity contribution in [3.05, 3.63) is 106 Å². The van der Waals surface area contributed by atoms with Crippen molar-refractivity contribution in [2.75, 3.05) is 314 Å². The number of nitrogens with one attached hydrogen (secondary N) is 10. The molecule has 0 bridgehead atoms. The lowest BCUT2D eigenvalue weighted by molar-refractivity contribution is -0.989. The highest BCUT2D eigenvalue weighted by Crippen LogP contribution is 2.42. The number of hydrogen-bond acceptors (Lipinski definition) is 24. The van der Waals surface area contributed by atoms with E-state index in [0.717, 1.165) is 193 Å². The summed E-state index contributed by atoms with van der Waals surface area (Å²) >= 11 is 6.78. The molecule has 15 aliphatic heterocycles. The fourth-order valence-electron chi connectivity index (χ4n) is 22.5. The molecule has 6 unspecified atom stereocenters. The van der Waals surface area contributed by atoms with E-state index >= 15 is 0 Å². The summed E-state index contributed by atoms with van der Waals surface area (Å²) in [6.07, 6.45) is 19.9. The van der Waals surface area contributed by atoms with Gasteiger partial charge >= 0.3 is 0 Å². The van der Waals surface area contributed by atoms with Crippen LogP contribution in [0.2, 0.25) is 0 Å². The van der Waals surface area contributed by atoms with Crippen molar-refractivity contribution in [3.63, 3.8) is 0 Å². The van der Waals surface area contributed by atoms with Gasteiger partial charge in [0.2, 0.25) is 0 Å². The monoisotopic (exact) mass is 1950 g/mol. The molecule has 0 amide bonds. The zero-order chi connectivity index (χ0) is 82.5. The van der Waals surface area contributed by atoms with Crippen LogP contribution in [0.5, 0.6) is 0 Å². The minimum Gasteiger partial charge on any atom is -1.00 e. The normalized spacial score (nSPS) is 30.0. The van der Waals surface area contributed by atoms with E-state index in [2.05, 4.69) is 217 Å². The molecule has 0 aromatic heterocycles. The Bertz CT molecular complexity index is 3010. The van der Waals surface area contributed by atoms with Gasteiger partial charge in [0.05, 0.1) is 38.5 Å². The first-order valence-corrected chi connectivity index (χ1v) is 50.5. The first-order valence-electron chi connectivity index (χ1n) is 48.2. The Morgan fingerprint density at radius 3 is 0.787 bits per heavy atom. The second-order valence-corrected chi connectivity index (χ2v) is 37.9. The van der Waals surface area contributed by atoms with Crippen molar-refractivity contribution in [1.29, 1.82) is 0 Å². The van der Waals surface area contributed by atoms with E-state index in [4.69, 9.17) is 9.59 Å². The van der Waals surface area contributed by atoms with E-state index in [0.29, 0.717) is 24.7 Å². The van der Waals surface area contributed by atoms with Gasteiger partial charge in [-0.2, -0.15) is 0 Å². The highest BCUT2D eigenvalue weighted by atomic mass is 79.9. The minimum absolute atomic E-state index is 0.